The van der Waals surface area contributed by atoms with Gasteiger partial charge in [-0.3, -0.25) is 4.79 Å². The molecule has 3 atom stereocenters. The Morgan fingerprint density at radius 3 is 2.65 bits per heavy atom. The van der Waals surface area contributed by atoms with E-state index in [1.54, 1.807) is 25.3 Å². The second-order valence-corrected chi connectivity index (χ2v) is 12.6. The first kappa shape index (κ1) is 26.1. The van der Waals surface area contributed by atoms with E-state index in [0.717, 1.165) is 58.8 Å². The van der Waals surface area contributed by atoms with E-state index in [2.05, 4.69) is 38.4 Å². The second kappa shape index (κ2) is 9.76. The van der Waals surface area contributed by atoms with Crippen molar-refractivity contribution in [3.05, 3.63) is 60.2 Å². The summed E-state index contributed by atoms with van der Waals surface area (Å²) in [5.74, 6) is 4.24. The lowest BCUT2D eigenvalue weighted by molar-refractivity contribution is 0.0696. The first-order chi connectivity index (χ1) is 20.9. The number of nitrogens with one attached hydrogen (secondary N) is 1. The summed E-state index contributed by atoms with van der Waals surface area (Å²) in [7, 11) is 3.67. The Bertz CT molecular complexity index is 1900. The van der Waals surface area contributed by atoms with Crippen molar-refractivity contribution in [3.8, 4) is 23.0 Å². The molecule has 9 heteroatoms. The Morgan fingerprint density at radius 2 is 1.93 bits per heavy atom. The van der Waals surface area contributed by atoms with Crippen molar-refractivity contribution in [1.82, 2.24) is 24.0 Å². The van der Waals surface area contributed by atoms with Crippen LogP contribution in [0.15, 0.2) is 54.6 Å². The number of aromatic hydroxyl groups is 1. The SMILES string of the molecule is COc1cc(C(=O)N2CC3CCC2[C@@H]3C)cc2nc(-c3cc4ccc(Nc5cccc(O)c5)nc4n3CC3CC3)n(C)c12. The van der Waals surface area contributed by atoms with Crippen molar-refractivity contribution in [2.45, 2.75) is 45.2 Å². The average molecular weight is 577 g/mol. The van der Waals surface area contributed by atoms with Crippen molar-refractivity contribution < 1.29 is 14.6 Å². The van der Waals surface area contributed by atoms with Gasteiger partial charge in [-0.15, -0.1) is 0 Å². The topological polar surface area (TPSA) is 97.4 Å². The Morgan fingerprint density at radius 1 is 1.07 bits per heavy atom. The number of hydrogen-bond donors (Lipinski definition) is 2. The number of methoxy groups -OCH3 is 1. The molecule has 2 saturated carbocycles. The number of rotatable bonds is 7. The lowest BCUT2D eigenvalue weighted by Crippen LogP contribution is -2.38. The number of aryl methyl sites for hydroxylation is 1. The number of ether oxygens (including phenoxy) is 1. The van der Waals surface area contributed by atoms with E-state index in [9.17, 15) is 9.90 Å². The van der Waals surface area contributed by atoms with Gasteiger partial charge in [-0.2, -0.15) is 0 Å². The molecule has 0 spiro atoms. The van der Waals surface area contributed by atoms with Gasteiger partial charge >= 0.3 is 0 Å². The number of pyridine rings is 1. The van der Waals surface area contributed by atoms with Gasteiger partial charge in [-0.25, -0.2) is 9.97 Å². The molecule has 2 N–H and O–H groups in total. The minimum atomic E-state index is 0.0743. The van der Waals surface area contributed by atoms with Crippen LogP contribution in [0.1, 0.15) is 43.0 Å². The fourth-order valence-corrected chi connectivity index (χ4v) is 7.39. The van der Waals surface area contributed by atoms with E-state index in [-0.39, 0.29) is 11.7 Å². The van der Waals surface area contributed by atoms with Crippen LogP contribution in [0, 0.1) is 17.8 Å². The van der Waals surface area contributed by atoms with Gasteiger partial charge in [-0.05, 0) is 85.9 Å². The number of fused-ring (bicyclic) bond motifs is 4. The number of aromatic nitrogens is 4. The molecular weight excluding hydrogens is 540 g/mol. The average Bonchev–Trinajstić information content (AvgIpc) is 3.41. The molecule has 3 aliphatic rings. The van der Waals surface area contributed by atoms with Gasteiger partial charge in [0.25, 0.3) is 5.91 Å². The smallest absolute Gasteiger partial charge is 0.254 e. The number of phenolic OH excluding ortho intramolecular Hbond substituents is 1. The zero-order valence-electron chi connectivity index (χ0n) is 24.7. The molecule has 1 aliphatic heterocycles. The number of benzene rings is 2. The van der Waals surface area contributed by atoms with Crippen molar-refractivity contribution >= 4 is 39.5 Å². The summed E-state index contributed by atoms with van der Waals surface area (Å²) in [6, 6.07) is 17.4. The molecule has 9 nitrogen and oxygen atoms in total. The van der Waals surface area contributed by atoms with Crippen molar-refractivity contribution in [3.63, 3.8) is 0 Å². The number of amides is 1. The molecule has 2 bridgehead atoms. The molecule has 1 amide bonds. The molecule has 0 radical (unpaired) electrons. The van der Waals surface area contributed by atoms with Crippen LogP contribution in [0.3, 0.4) is 0 Å². The molecule has 3 fully saturated rings. The normalized spacial score (nSPS) is 21.3. The largest absolute Gasteiger partial charge is 0.508 e. The van der Waals surface area contributed by atoms with E-state index >= 15 is 0 Å². The first-order valence-electron chi connectivity index (χ1n) is 15.3. The van der Waals surface area contributed by atoms with Gasteiger partial charge < -0.3 is 29.2 Å². The molecule has 5 aromatic rings. The van der Waals surface area contributed by atoms with Crippen molar-refractivity contribution in [1.29, 1.82) is 0 Å². The Kier molecular flexibility index (Phi) is 5.93. The highest BCUT2D eigenvalue weighted by Gasteiger charge is 2.46. The number of likely N-dealkylation sites (tertiary alicyclic amines) is 1. The van der Waals surface area contributed by atoms with Crippen LogP contribution >= 0.6 is 0 Å². The molecular formula is C34H36N6O3. The van der Waals surface area contributed by atoms with Crippen LogP contribution in [0.5, 0.6) is 11.5 Å². The first-order valence-corrected chi connectivity index (χ1v) is 15.3. The van der Waals surface area contributed by atoms with E-state index in [4.69, 9.17) is 14.7 Å². The maximum Gasteiger partial charge on any atom is 0.254 e. The van der Waals surface area contributed by atoms with Crippen LogP contribution in [-0.2, 0) is 13.6 Å². The molecule has 8 rings (SSSR count). The molecule has 1 saturated heterocycles. The quantitative estimate of drug-likeness (QED) is 0.235. The van der Waals surface area contributed by atoms with E-state index in [1.807, 2.05) is 31.3 Å². The fourth-order valence-electron chi connectivity index (χ4n) is 7.39. The molecule has 43 heavy (non-hydrogen) atoms. The van der Waals surface area contributed by atoms with Crippen LogP contribution in [0.2, 0.25) is 0 Å². The highest BCUT2D eigenvalue weighted by molar-refractivity contribution is 6.00. The monoisotopic (exact) mass is 576 g/mol. The summed E-state index contributed by atoms with van der Waals surface area (Å²) in [6.45, 7) is 3.99. The predicted octanol–water partition coefficient (Wildman–Crippen LogP) is 6.33. The van der Waals surface area contributed by atoms with E-state index in [0.29, 0.717) is 40.9 Å². The predicted molar refractivity (Wildman–Crippen MR) is 167 cm³/mol. The summed E-state index contributed by atoms with van der Waals surface area (Å²) in [5, 5.41) is 14.3. The summed E-state index contributed by atoms with van der Waals surface area (Å²) >= 11 is 0. The van der Waals surface area contributed by atoms with Gasteiger partial charge in [0.05, 0.1) is 18.3 Å². The zero-order chi connectivity index (χ0) is 29.4. The van der Waals surface area contributed by atoms with Gasteiger partial charge in [0.1, 0.15) is 28.5 Å². The molecule has 220 valence electrons. The minimum absolute atomic E-state index is 0.0743. The van der Waals surface area contributed by atoms with Crippen LogP contribution in [-0.4, -0.2) is 54.7 Å². The number of piperidine rings is 1. The van der Waals surface area contributed by atoms with Crippen LogP contribution in [0.4, 0.5) is 11.5 Å². The maximum atomic E-state index is 13.7. The highest BCUT2D eigenvalue weighted by atomic mass is 16.5. The van der Waals surface area contributed by atoms with E-state index < -0.39 is 0 Å². The number of imidazole rings is 1. The molecule has 4 heterocycles. The van der Waals surface area contributed by atoms with Gasteiger partial charge in [0.2, 0.25) is 0 Å². The van der Waals surface area contributed by atoms with Gasteiger partial charge in [0.15, 0.2) is 5.82 Å². The third-order valence-electron chi connectivity index (χ3n) is 9.91. The lowest BCUT2D eigenvalue weighted by atomic mass is 10.0. The Hall–Kier alpha value is -4.53. The summed E-state index contributed by atoms with van der Waals surface area (Å²) < 4.78 is 10.2. The van der Waals surface area contributed by atoms with Crippen molar-refractivity contribution in [2.24, 2.45) is 24.8 Å². The van der Waals surface area contributed by atoms with Crippen LogP contribution in [0.25, 0.3) is 33.6 Å². The molecule has 3 aromatic heterocycles. The van der Waals surface area contributed by atoms with Gasteiger partial charge in [-0.1, -0.05) is 13.0 Å². The Balaban J connectivity index is 1.21. The second-order valence-electron chi connectivity index (χ2n) is 12.6. The zero-order valence-corrected chi connectivity index (χ0v) is 24.7. The number of hydrogen-bond acceptors (Lipinski definition) is 6. The Labute approximate surface area is 250 Å². The summed E-state index contributed by atoms with van der Waals surface area (Å²) in [5.41, 5.74) is 4.91. The molecule has 2 aliphatic carbocycles. The maximum absolute atomic E-state index is 13.7. The number of nitrogens with zero attached hydrogens (tertiary/aromatic N) is 5. The number of anilines is 2. The number of phenols is 1. The number of carbonyl (C=O) groups is 1. The van der Waals surface area contributed by atoms with Crippen molar-refractivity contribution in [2.75, 3.05) is 19.0 Å². The van der Waals surface area contributed by atoms with Gasteiger partial charge in [0, 0.05) is 48.9 Å². The summed E-state index contributed by atoms with van der Waals surface area (Å²) in [4.78, 5) is 26.0. The highest BCUT2D eigenvalue weighted by Crippen LogP contribution is 2.44. The van der Waals surface area contributed by atoms with E-state index in [1.165, 1.54) is 19.3 Å². The third kappa shape index (κ3) is 4.32. The number of carbonyl (C=O) groups excluding carboxylic acids is 1. The fraction of sp³-hybridized carbons (Fsp3) is 0.382. The molecule has 2 unspecified atom stereocenters. The molecule has 2 aromatic carbocycles. The standard InChI is InChI=1S/C34H36N6O3/c1-19-22-9-11-27(19)40(18-22)34(42)23-13-26-31(29(15-23)43-3)38(2)33(36-26)28-14-21-10-12-30(35-24-5-4-6-25(41)16-24)37-32(21)39(28)17-20-7-8-20/h4-6,10,12-16,19-20,22,27,41H,7-9,11,17-18H2,1-3H3,(H,35,37)/t19-,22?,27?/m1/s1. The minimum Gasteiger partial charge on any atom is -0.508 e. The van der Waals surface area contributed by atoms with Crippen LogP contribution < -0.4 is 10.1 Å². The summed E-state index contributed by atoms with van der Waals surface area (Å²) in [6.07, 6.45) is 4.73. The third-order valence-corrected chi connectivity index (χ3v) is 9.91. The lowest BCUT2D eigenvalue weighted by Gasteiger charge is -2.27.